The number of likely N-dealkylation sites (tertiary alicyclic amines) is 1. The Morgan fingerprint density at radius 1 is 1.07 bits per heavy atom. The molecule has 1 aromatic rings. The average Bonchev–Trinajstić information content (AvgIpc) is 2.67. The fraction of sp³-hybridized carbons (Fsp3) is 0.556. The van der Waals surface area contributed by atoms with Gasteiger partial charge in [0.05, 0.1) is 10.6 Å². The van der Waals surface area contributed by atoms with E-state index >= 15 is 0 Å². The van der Waals surface area contributed by atoms with Crippen LogP contribution in [-0.4, -0.2) is 47.8 Å². The van der Waals surface area contributed by atoms with Crippen molar-refractivity contribution in [1.29, 1.82) is 0 Å². The fourth-order valence-electron chi connectivity index (χ4n) is 3.88. The van der Waals surface area contributed by atoms with Gasteiger partial charge in [-0.15, -0.1) is 0 Å². The second-order valence-corrected chi connectivity index (χ2v) is 8.01. The van der Waals surface area contributed by atoms with E-state index in [2.05, 4.69) is 20.8 Å². The maximum absolute atomic E-state index is 12.8. The second-order valence-electron chi connectivity index (χ2n) is 7.16. The number of halogens is 1. The zero-order chi connectivity index (χ0) is 19.6. The standard InChI is InChI=1S/C18H23BrN4O4/c19-15-11-14(23(26)27)1-2-16(15)21-7-5-13(6-8-21)18(25)22-9-3-12(4-10-22)17(20)24/h1-2,11-13H,3-10H2,(H2,20,24). The largest absolute Gasteiger partial charge is 0.371 e. The number of nitrogens with zero attached hydrogens (tertiary/aromatic N) is 3. The second kappa shape index (κ2) is 8.24. The summed E-state index contributed by atoms with van der Waals surface area (Å²) in [6.45, 7) is 2.65. The smallest absolute Gasteiger partial charge is 0.270 e. The van der Waals surface area contributed by atoms with Gasteiger partial charge < -0.3 is 15.5 Å². The van der Waals surface area contributed by atoms with Gasteiger partial charge in [0.15, 0.2) is 0 Å². The number of nitro benzene ring substituents is 1. The van der Waals surface area contributed by atoms with Crippen molar-refractivity contribution in [3.05, 3.63) is 32.8 Å². The molecule has 0 atom stereocenters. The van der Waals surface area contributed by atoms with Crippen LogP contribution in [0.1, 0.15) is 25.7 Å². The Kier molecular flexibility index (Phi) is 5.98. The molecule has 0 saturated carbocycles. The molecule has 9 heteroatoms. The number of nitrogens with two attached hydrogens (primary N) is 1. The third kappa shape index (κ3) is 4.40. The number of hydrogen-bond donors (Lipinski definition) is 1. The number of piperidine rings is 2. The quantitative estimate of drug-likeness (QED) is 0.572. The molecule has 2 N–H and O–H groups in total. The predicted molar refractivity (Wildman–Crippen MR) is 104 cm³/mol. The number of benzene rings is 1. The Balaban J connectivity index is 1.55. The SMILES string of the molecule is NC(=O)C1CCN(C(=O)C2CCN(c3ccc([N+](=O)[O-])cc3Br)CC2)CC1. The van der Waals surface area contributed by atoms with Crippen LogP contribution >= 0.6 is 15.9 Å². The summed E-state index contributed by atoms with van der Waals surface area (Å²) in [5, 5.41) is 10.9. The zero-order valence-corrected chi connectivity index (χ0v) is 16.6. The average molecular weight is 439 g/mol. The Hall–Kier alpha value is -2.16. The third-order valence-electron chi connectivity index (χ3n) is 5.54. The van der Waals surface area contributed by atoms with E-state index in [4.69, 9.17) is 5.73 Å². The van der Waals surface area contributed by atoms with Crippen molar-refractivity contribution in [2.75, 3.05) is 31.1 Å². The highest BCUT2D eigenvalue weighted by atomic mass is 79.9. The van der Waals surface area contributed by atoms with Gasteiger partial charge in [-0.2, -0.15) is 0 Å². The number of rotatable bonds is 4. The molecular weight excluding hydrogens is 416 g/mol. The monoisotopic (exact) mass is 438 g/mol. The van der Waals surface area contributed by atoms with Crippen molar-refractivity contribution in [2.24, 2.45) is 17.6 Å². The molecule has 2 aliphatic rings. The van der Waals surface area contributed by atoms with Gasteiger partial charge in [0.1, 0.15) is 0 Å². The number of carbonyl (C=O) groups is 2. The first kappa shape index (κ1) is 19.6. The summed E-state index contributed by atoms with van der Waals surface area (Å²) in [5.41, 5.74) is 6.31. The maximum Gasteiger partial charge on any atom is 0.270 e. The van der Waals surface area contributed by atoms with Crippen molar-refractivity contribution in [3.63, 3.8) is 0 Å². The van der Waals surface area contributed by atoms with Gasteiger partial charge >= 0.3 is 0 Å². The topological polar surface area (TPSA) is 110 Å². The van der Waals surface area contributed by atoms with E-state index in [0.717, 1.165) is 31.6 Å². The van der Waals surface area contributed by atoms with Crippen molar-refractivity contribution in [3.8, 4) is 0 Å². The number of nitro groups is 1. The van der Waals surface area contributed by atoms with Crippen LogP contribution in [0.4, 0.5) is 11.4 Å². The summed E-state index contributed by atoms with van der Waals surface area (Å²) < 4.78 is 0.690. The number of primary amides is 1. The van der Waals surface area contributed by atoms with Crippen LogP contribution in [0, 0.1) is 22.0 Å². The Labute approximate surface area is 166 Å². The first-order valence-corrected chi connectivity index (χ1v) is 9.93. The van der Waals surface area contributed by atoms with E-state index in [1.807, 2.05) is 4.90 Å². The summed E-state index contributed by atoms with van der Waals surface area (Å²) in [4.78, 5) is 38.5. The predicted octanol–water partition coefficient (Wildman–Crippen LogP) is 2.30. The lowest BCUT2D eigenvalue weighted by Crippen LogP contribution is -2.46. The number of carbonyl (C=O) groups excluding carboxylic acids is 2. The summed E-state index contributed by atoms with van der Waals surface area (Å²) >= 11 is 3.42. The van der Waals surface area contributed by atoms with Crippen molar-refractivity contribution < 1.29 is 14.5 Å². The molecule has 2 heterocycles. The van der Waals surface area contributed by atoms with E-state index in [-0.39, 0.29) is 29.3 Å². The molecule has 3 rings (SSSR count). The molecule has 0 radical (unpaired) electrons. The van der Waals surface area contributed by atoms with E-state index in [1.54, 1.807) is 6.07 Å². The molecule has 27 heavy (non-hydrogen) atoms. The van der Waals surface area contributed by atoms with Crippen LogP contribution in [0.15, 0.2) is 22.7 Å². The molecule has 1 aromatic carbocycles. The highest BCUT2D eigenvalue weighted by Crippen LogP contribution is 2.33. The molecule has 2 saturated heterocycles. The fourth-order valence-corrected chi connectivity index (χ4v) is 4.49. The molecule has 0 unspecified atom stereocenters. The molecular formula is C18H23BrN4O4. The molecule has 8 nitrogen and oxygen atoms in total. The first-order valence-electron chi connectivity index (χ1n) is 9.14. The minimum absolute atomic E-state index is 0.0109. The van der Waals surface area contributed by atoms with Gasteiger partial charge in [-0.1, -0.05) is 0 Å². The lowest BCUT2D eigenvalue weighted by Gasteiger charge is -2.37. The lowest BCUT2D eigenvalue weighted by atomic mass is 9.91. The van der Waals surface area contributed by atoms with Crippen molar-refractivity contribution in [2.45, 2.75) is 25.7 Å². The number of anilines is 1. The Morgan fingerprint density at radius 3 is 2.19 bits per heavy atom. The van der Waals surface area contributed by atoms with Crippen LogP contribution in [-0.2, 0) is 9.59 Å². The zero-order valence-electron chi connectivity index (χ0n) is 15.0. The summed E-state index contributed by atoms with van der Waals surface area (Å²) in [7, 11) is 0. The number of non-ortho nitro benzene ring substituents is 1. The van der Waals surface area contributed by atoms with Gasteiger partial charge in [-0.3, -0.25) is 19.7 Å². The van der Waals surface area contributed by atoms with Crippen LogP contribution in [0.5, 0.6) is 0 Å². The van der Waals surface area contributed by atoms with Gasteiger partial charge in [0, 0.05) is 54.6 Å². The molecule has 2 amide bonds. The van der Waals surface area contributed by atoms with Crippen LogP contribution in [0.2, 0.25) is 0 Å². The van der Waals surface area contributed by atoms with Crippen molar-refractivity contribution >= 4 is 39.1 Å². The minimum Gasteiger partial charge on any atom is -0.371 e. The number of amides is 2. The minimum atomic E-state index is -0.416. The normalized spacial score (nSPS) is 19.1. The summed E-state index contributed by atoms with van der Waals surface area (Å²) in [6.07, 6.45) is 2.79. The molecule has 146 valence electrons. The van der Waals surface area contributed by atoms with Gasteiger partial charge in [0.25, 0.3) is 5.69 Å². The Bertz CT molecular complexity index is 741. The number of hydrogen-bond acceptors (Lipinski definition) is 5. The molecule has 0 spiro atoms. The summed E-state index contributed by atoms with van der Waals surface area (Å²) in [6, 6.07) is 4.76. The molecule has 2 fully saturated rings. The van der Waals surface area contributed by atoms with Crippen LogP contribution in [0.25, 0.3) is 0 Å². The maximum atomic E-state index is 12.8. The van der Waals surface area contributed by atoms with Crippen LogP contribution in [0.3, 0.4) is 0 Å². The van der Waals surface area contributed by atoms with E-state index in [9.17, 15) is 19.7 Å². The third-order valence-corrected chi connectivity index (χ3v) is 6.17. The van der Waals surface area contributed by atoms with E-state index < -0.39 is 4.92 Å². The first-order chi connectivity index (χ1) is 12.9. The molecule has 0 aliphatic carbocycles. The Morgan fingerprint density at radius 2 is 1.67 bits per heavy atom. The van der Waals surface area contributed by atoms with E-state index in [1.165, 1.54) is 12.1 Å². The lowest BCUT2D eigenvalue weighted by molar-refractivity contribution is -0.384. The van der Waals surface area contributed by atoms with Crippen molar-refractivity contribution in [1.82, 2.24) is 4.90 Å². The van der Waals surface area contributed by atoms with Crippen LogP contribution < -0.4 is 10.6 Å². The highest BCUT2D eigenvalue weighted by molar-refractivity contribution is 9.10. The van der Waals surface area contributed by atoms with Gasteiger partial charge in [-0.25, -0.2) is 0 Å². The van der Waals surface area contributed by atoms with Gasteiger partial charge in [-0.05, 0) is 47.7 Å². The van der Waals surface area contributed by atoms with Gasteiger partial charge in [0.2, 0.25) is 11.8 Å². The molecule has 0 bridgehead atoms. The molecule has 0 aromatic heterocycles. The summed E-state index contributed by atoms with van der Waals surface area (Å²) in [5.74, 6) is -0.233. The van der Waals surface area contributed by atoms with E-state index in [0.29, 0.717) is 30.4 Å². The highest BCUT2D eigenvalue weighted by Gasteiger charge is 2.32. The molecule has 2 aliphatic heterocycles.